The smallest absolute Gasteiger partial charge is 0.103 e. The fraction of sp³-hybridized carbons (Fsp3) is 0.462. The van der Waals surface area contributed by atoms with E-state index >= 15 is 0 Å². The molecule has 2 heterocycles. The van der Waals surface area contributed by atoms with Crippen LogP contribution in [0.2, 0.25) is 0 Å². The SMILES string of the molecule is CCn1nc(C)cc1CC(O)c1cnc(C)cn1. The van der Waals surface area contributed by atoms with E-state index in [4.69, 9.17) is 0 Å². The van der Waals surface area contributed by atoms with Gasteiger partial charge in [0.05, 0.1) is 23.3 Å². The van der Waals surface area contributed by atoms with Gasteiger partial charge in [-0.25, -0.2) is 0 Å². The van der Waals surface area contributed by atoms with Crippen LogP contribution in [0.3, 0.4) is 0 Å². The fourth-order valence-electron chi connectivity index (χ4n) is 1.91. The largest absolute Gasteiger partial charge is 0.386 e. The summed E-state index contributed by atoms with van der Waals surface area (Å²) in [4.78, 5) is 8.34. The van der Waals surface area contributed by atoms with Gasteiger partial charge in [-0.15, -0.1) is 0 Å². The van der Waals surface area contributed by atoms with Gasteiger partial charge >= 0.3 is 0 Å². The molecule has 96 valence electrons. The van der Waals surface area contributed by atoms with Gasteiger partial charge in [0.1, 0.15) is 6.10 Å². The van der Waals surface area contributed by atoms with Gasteiger partial charge in [0, 0.05) is 24.9 Å². The van der Waals surface area contributed by atoms with Crippen molar-refractivity contribution in [1.29, 1.82) is 0 Å². The van der Waals surface area contributed by atoms with Gasteiger partial charge in [0.25, 0.3) is 0 Å². The number of aryl methyl sites for hydroxylation is 3. The second-order valence-electron chi connectivity index (χ2n) is 4.40. The van der Waals surface area contributed by atoms with Crippen molar-refractivity contribution in [1.82, 2.24) is 19.7 Å². The van der Waals surface area contributed by atoms with E-state index in [0.717, 1.165) is 23.6 Å². The summed E-state index contributed by atoms with van der Waals surface area (Å²) in [7, 11) is 0. The average Bonchev–Trinajstić information content (AvgIpc) is 2.70. The van der Waals surface area contributed by atoms with Crippen molar-refractivity contribution in [2.24, 2.45) is 0 Å². The molecule has 1 N–H and O–H groups in total. The third-order valence-electron chi connectivity index (χ3n) is 2.83. The maximum atomic E-state index is 10.2. The molecule has 0 radical (unpaired) electrons. The molecule has 5 nitrogen and oxygen atoms in total. The van der Waals surface area contributed by atoms with Crippen LogP contribution in [-0.4, -0.2) is 24.9 Å². The van der Waals surface area contributed by atoms with Crippen molar-refractivity contribution in [2.75, 3.05) is 0 Å². The fourth-order valence-corrected chi connectivity index (χ4v) is 1.91. The van der Waals surface area contributed by atoms with Crippen LogP contribution in [0, 0.1) is 13.8 Å². The monoisotopic (exact) mass is 246 g/mol. The molecule has 0 spiro atoms. The van der Waals surface area contributed by atoms with Crippen LogP contribution in [0.5, 0.6) is 0 Å². The molecule has 0 bridgehead atoms. The summed E-state index contributed by atoms with van der Waals surface area (Å²) in [6, 6.07) is 1.99. The quantitative estimate of drug-likeness (QED) is 0.889. The molecule has 1 atom stereocenters. The molecule has 2 aromatic rings. The molecule has 0 amide bonds. The van der Waals surface area contributed by atoms with E-state index in [2.05, 4.69) is 15.1 Å². The summed E-state index contributed by atoms with van der Waals surface area (Å²) in [5.41, 5.74) is 3.43. The molecule has 0 fully saturated rings. The van der Waals surface area contributed by atoms with Crippen LogP contribution in [0.15, 0.2) is 18.5 Å². The highest BCUT2D eigenvalue weighted by atomic mass is 16.3. The van der Waals surface area contributed by atoms with E-state index in [-0.39, 0.29) is 0 Å². The Morgan fingerprint density at radius 2 is 2.00 bits per heavy atom. The summed E-state index contributed by atoms with van der Waals surface area (Å²) >= 11 is 0. The lowest BCUT2D eigenvalue weighted by Crippen LogP contribution is -2.10. The number of aliphatic hydroxyl groups excluding tert-OH is 1. The van der Waals surface area contributed by atoms with Crippen molar-refractivity contribution in [2.45, 2.75) is 39.8 Å². The second-order valence-corrected chi connectivity index (χ2v) is 4.40. The lowest BCUT2D eigenvalue weighted by atomic mass is 10.1. The minimum Gasteiger partial charge on any atom is -0.386 e. The molecule has 0 aromatic carbocycles. The van der Waals surface area contributed by atoms with Gasteiger partial charge < -0.3 is 5.11 Å². The molecular weight excluding hydrogens is 228 g/mol. The molecule has 2 rings (SSSR count). The molecule has 0 aliphatic rings. The van der Waals surface area contributed by atoms with Gasteiger partial charge in [0.15, 0.2) is 0 Å². The van der Waals surface area contributed by atoms with E-state index in [1.54, 1.807) is 12.4 Å². The van der Waals surface area contributed by atoms with Gasteiger partial charge in [-0.05, 0) is 26.8 Å². The second kappa shape index (κ2) is 5.27. The third kappa shape index (κ3) is 2.73. The lowest BCUT2D eigenvalue weighted by Gasteiger charge is -2.10. The topological polar surface area (TPSA) is 63.8 Å². The van der Waals surface area contributed by atoms with Crippen molar-refractivity contribution in [3.63, 3.8) is 0 Å². The summed E-state index contributed by atoms with van der Waals surface area (Å²) in [6.07, 6.45) is 3.16. The normalized spacial score (nSPS) is 12.7. The minimum absolute atomic E-state index is 0.506. The zero-order chi connectivity index (χ0) is 13.1. The molecule has 0 saturated carbocycles. The molecule has 0 saturated heterocycles. The molecule has 5 heteroatoms. The zero-order valence-electron chi connectivity index (χ0n) is 11.0. The first-order valence-corrected chi connectivity index (χ1v) is 6.10. The summed E-state index contributed by atoms with van der Waals surface area (Å²) in [5.74, 6) is 0. The number of aliphatic hydroxyl groups is 1. The highest BCUT2D eigenvalue weighted by Gasteiger charge is 2.14. The Morgan fingerprint density at radius 1 is 1.22 bits per heavy atom. The number of aromatic nitrogens is 4. The first-order valence-electron chi connectivity index (χ1n) is 6.10. The van der Waals surface area contributed by atoms with E-state index in [0.29, 0.717) is 12.1 Å². The number of hydrogen-bond acceptors (Lipinski definition) is 4. The zero-order valence-corrected chi connectivity index (χ0v) is 11.0. The van der Waals surface area contributed by atoms with Crippen molar-refractivity contribution >= 4 is 0 Å². The third-order valence-corrected chi connectivity index (χ3v) is 2.83. The van der Waals surface area contributed by atoms with Crippen LogP contribution in [0.4, 0.5) is 0 Å². The van der Waals surface area contributed by atoms with E-state index < -0.39 is 6.10 Å². The first kappa shape index (κ1) is 12.7. The van der Waals surface area contributed by atoms with E-state index in [1.165, 1.54) is 0 Å². The average molecular weight is 246 g/mol. The molecule has 0 aliphatic heterocycles. The Hall–Kier alpha value is -1.75. The Bertz CT molecular complexity index is 518. The Kier molecular flexibility index (Phi) is 3.72. The van der Waals surface area contributed by atoms with E-state index in [1.807, 2.05) is 31.5 Å². The molecule has 18 heavy (non-hydrogen) atoms. The molecular formula is C13H18N4O. The maximum Gasteiger partial charge on any atom is 0.103 e. The van der Waals surface area contributed by atoms with Crippen LogP contribution in [-0.2, 0) is 13.0 Å². The highest BCUT2D eigenvalue weighted by molar-refractivity contribution is 5.13. The van der Waals surface area contributed by atoms with Gasteiger partial charge in [-0.3, -0.25) is 14.6 Å². The van der Waals surface area contributed by atoms with Gasteiger partial charge in [-0.1, -0.05) is 0 Å². The van der Waals surface area contributed by atoms with Crippen LogP contribution in [0.1, 0.15) is 35.8 Å². The lowest BCUT2D eigenvalue weighted by molar-refractivity contribution is 0.170. The van der Waals surface area contributed by atoms with Gasteiger partial charge in [0.2, 0.25) is 0 Å². The molecule has 2 aromatic heterocycles. The van der Waals surface area contributed by atoms with Crippen molar-refractivity contribution in [3.05, 3.63) is 41.2 Å². The standard InChI is InChI=1S/C13H18N4O/c1-4-17-11(5-9(2)16-17)6-13(18)12-8-14-10(3)7-15-12/h5,7-8,13,18H,4,6H2,1-3H3. The number of rotatable bonds is 4. The summed E-state index contributed by atoms with van der Waals surface area (Å²) in [6.45, 7) is 6.66. The maximum absolute atomic E-state index is 10.2. The summed E-state index contributed by atoms with van der Waals surface area (Å²) in [5, 5.41) is 14.5. The van der Waals surface area contributed by atoms with Crippen LogP contribution < -0.4 is 0 Å². The molecule has 0 aliphatic carbocycles. The minimum atomic E-state index is -0.639. The number of nitrogens with zero attached hydrogens (tertiary/aromatic N) is 4. The Labute approximate surface area is 107 Å². The van der Waals surface area contributed by atoms with Crippen LogP contribution in [0.25, 0.3) is 0 Å². The predicted octanol–water partition coefficient (Wildman–Crippen LogP) is 1.59. The van der Waals surface area contributed by atoms with Crippen molar-refractivity contribution < 1.29 is 5.11 Å². The van der Waals surface area contributed by atoms with Gasteiger partial charge in [-0.2, -0.15) is 5.10 Å². The van der Waals surface area contributed by atoms with Crippen LogP contribution >= 0.6 is 0 Å². The Balaban J connectivity index is 2.15. The molecule has 1 unspecified atom stereocenters. The Morgan fingerprint density at radius 3 is 2.61 bits per heavy atom. The highest BCUT2D eigenvalue weighted by Crippen LogP contribution is 2.16. The predicted molar refractivity (Wildman–Crippen MR) is 68.1 cm³/mol. The number of hydrogen-bond donors (Lipinski definition) is 1. The van der Waals surface area contributed by atoms with Crippen molar-refractivity contribution in [3.8, 4) is 0 Å². The first-order chi connectivity index (χ1) is 8.60. The summed E-state index contributed by atoms with van der Waals surface area (Å²) < 4.78 is 1.90. The van der Waals surface area contributed by atoms with E-state index in [9.17, 15) is 5.11 Å².